The highest BCUT2D eigenvalue weighted by atomic mass is 14.9. The average Bonchev–Trinajstić information content (AvgIpc) is 2.45. The zero-order valence-electron chi connectivity index (χ0n) is 9.62. The first-order valence-electron chi connectivity index (χ1n) is 5.28. The molecule has 2 heteroatoms. The summed E-state index contributed by atoms with van der Waals surface area (Å²) in [4.78, 5) is 0. The fourth-order valence-corrected chi connectivity index (χ4v) is 1.97. The number of nitrogens with two attached hydrogens (primary N) is 1. The number of hydrogen-bond donors (Lipinski definition) is 1. The molecule has 0 spiro atoms. The van der Waals surface area contributed by atoms with Gasteiger partial charge in [-0.05, 0) is 49.4 Å². The van der Waals surface area contributed by atoms with E-state index in [1.165, 1.54) is 16.5 Å². The van der Waals surface area contributed by atoms with E-state index in [1.807, 2.05) is 0 Å². The maximum atomic E-state index is 6.01. The molecule has 2 nitrogen and oxygen atoms in total. The zero-order valence-corrected chi connectivity index (χ0v) is 9.62. The van der Waals surface area contributed by atoms with Crippen molar-refractivity contribution < 1.29 is 0 Å². The van der Waals surface area contributed by atoms with Crippen molar-refractivity contribution in [2.75, 3.05) is 0 Å². The molecular formula is C13H18N2. The molecule has 0 saturated heterocycles. The lowest BCUT2D eigenvalue weighted by atomic mass is 9.96. The summed E-state index contributed by atoms with van der Waals surface area (Å²) in [5, 5.41) is 1.29. The van der Waals surface area contributed by atoms with E-state index >= 15 is 0 Å². The summed E-state index contributed by atoms with van der Waals surface area (Å²) in [6.45, 7) is 4.12. The Hall–Kier alpha value is -1.28. The maximum Gasteiger partial charge on any atom is 0.0477 e. The SMILES string of the molecule is Cn1ccc2cc(CC(C)(C)N)ccc21. The normalized spacial score (nSPS) is 12.3. The number of aryl methyl sites for hydroxylation is 1. The van der Waals surface area contributed by atoms with Crippen molar-refractivity contribution in [2.45, 2.75) is 25.8 Å². The van der Waals surface area contributed by atoms with Crippen molar-refractivity contribution in [3.05, 3.63) is 36.0 Å². The molecule has 0 radical (unpaired) electrons. The topological polar surface area (TPSA) is 30.9 Å². The molecule has 0 unspecified atom stereocenters. The van der Waals surface area contributed by atoms with Crippen molar-refractivity contribution in [1.82, 2.24) is 4.57 Å². The maximum absolute atomic E-state index is 6.01. The van der Waals surface area contributed by atoms with Crippen LogP contribution < -0.4 is 5.73 Å². The number of fused-ring (bicyclic) bond motifs is 1. The van der Waals surface area contributed by atoms with Gasteiger partial charge < -0.3 is 10.3 Å². The van der Waals surface area contributed by atoms with Gasteiger partial charge in [-0.2, -0.15) is 0 Å². The monoisotopic (exact) mass is 202 g/mol. The first kappa shape index (κ1) is 10.2. The lowest BCUT2D eigenvalue weighted by molar-refractivity contribution is 0.517. The Balaban J connectivity index is 2.39. The van der Waals surface area contributed by atoms with Gasteiger partial charge in [-0.15, -0.1) is 0 Å². The summed E-state index contributed by atoms with van der Waals surface area (Å²) in [5.41, 5.74) is 8.45. The van der Waals surface area contributed by atoms with E-state index in [0.29, 0.717) is 0 Å². The number of aromatic nitrogens is 1. The van der Waals surface area contributed by atoms with Gasteiger partial charge in [0.25, 0.3) is 0 Å². The average molecular weight is 202 g/mol. The Labute approximate surface area is 90.7 Å². The lowest BCUT2D eigenvalue weighted by Gasteiger charge is -2.18. The minimum Gasteiger partial charge on any atom is -0.351 e. The lowest BCUT2D eigenvalue weighted by Crippen LogP contribution is -2.34. The Kier molecular flexibility index (Phi) is 2.31. The molecule has 0 fully saturated rings. The molecule has 2 rings (SSSR count). The Morgan fingerprint density at radius 3 is 2.67 bits per heavy atom. The van der Waals surface area contributed by atoms with E-state index in [0.717, 1.165) is 6.42 Å². The second kappa shape index (κ2) is 3.38. The molecule has 1 aromatic heterocycles. The van der Waals surface area contributed by atoms with Gasteiger partial charge in [-0.1, -0.05) is 6.07 Å². The molecule has 0 aliphatic rings. The highest BCUT2D eigenvalue weighted by Gasteiger charge is 2.11. The van der Waals surface area contributed by atoms with Crippen molar-refractivity contribution in [3.63, 3.8) is 0 Å². The summed E-state index contributed by atoms with van der Waals surface area (Å²) < 4.78 is 2.13. The summed E-state index contributed by atoms with van der Waals surface area (Å²) in [7, 11) is 2.06. The van der Waals surface area contributed by atoms with E-state index in [9.17, 15) is 0 Å². The fraction of sp³-hybridized carbons (Fsp3) is 0.385. The van der Waals surface area contributed by atoms with Crippen molar-refractivity contribution >= 4 is 10.9 Å². The molecule has 0 saturated carbocycles. The van der Waals surface area contributed by atoms with Crippen LogP contribution in [0.15, 0.2) is 30.5 Å². The van der Waals surface area contributed by atoms with Crippen molar-refractivity contribution in [3.8, 4) is 0 Å². The zero-order chi connectivity index (χ0) is 11.1. The van der Waals surface area contributed by atoms with Crippen molar-refractivity contribution in [1.29, 1.82) is 0 Å². The van der Waals surface area contributed by atoms with Crippen LogP contribution in [0.25, 0.3) is 10.9 Å². The highest BCUT2D eigenvalue weighted by molar-refractivity contribution is 5.80. The van der Waals surface area contributed by atoms with E-state index in [4.69, 9.17) is 5.73 Å². The van der Waals surface area contributed by atoms with Gasteiger partial charge >= 0.3 is 0 Å². The third-order valence-electron chi connectivity index (χ3n) is 2.61. The quantitative estimate of drug-likeness (QED) is 0.796. The number of hydrogen-bond acceptors (Lipinski definition) is 1. The van der Waals surface area contributed by atoms with Crippen LogP contribution in [0.1, 0.15) is 19.4 Å². The standard InChI is InChI=1S/C13H18N2/c1-13(2,14)9-10-4-5-12-11(8-10)6-7-15(12)3/h4-8H,9,14H2,1-3H3. The summed E-state index contributed by atoms with van der Waals surface area (Å²) >= 11 is 0. The van der Waals surface area contributed by atoms with Crippen LogP contribution in [0.4, 0.5) is 0 Å². The molecule has 1 heterocycles. The van der Waals surface area contributed by atoms with Crippen LogP contribution in [0.2, 0.25) is 0 Å². The van der Waals surface area contributed by atoms with Crippen LogP contribution in [0.3, 0.4) is 0 Å². The fourth-order valence-electron chi connectivity index (χ4n) is 1.97. The van der Waals surface area contributed by atoms with E-state index < -0.39 is 0 Å². The molecule has 2 aromatic rings. The second-order valence-corrected chi connectivity index (χ2v) is 4.99. The molecule has 15 heavy (non-hydrogen) atoms. The first-order valence-corrected chi connectivity index (χ1v) is 5.28. The van der Waals surface area contributed by atoms with Crippen LogP contribution in [0, 0.1) is 0 Å². The highest BCUT2D eigenvalue weighted by Crippen LogP contribution is 2.19. The Morgan fingerprint density at radius 1 is 1.27 bits per heavy atom. The minimum atomic E-state index is -0.136. The summed E-state index contributed by atoms with van der Waals surface area (Å²) in [6.07, 6.45) is 3.00. The van der Waals surface area contributed by atoms with Crippen LogP contribution >= 0.6 is 0 Å². The number of nitrogens with zero attached hydrogens (tertiary/aromatic N) is 1. The molecule has 0 amide bonds. The predicted molar refractivity (Wildman–Crippen MR) is 64.9 cm³/mol. The third-order valence-corrected chi connectivity index (χ3v) is 2.61. The second-order valence-electron chi connectivity index (χ2n) is 4.99. The third kappa shape index (κ3) is 2.21. The van der Waals surface area contributed by atoms with E-state index in [2.05, 4.69) is 55.9 Å². The van der Waals surface area contributed by atoms with Crippen LogP contribution in [-0.2, 0) is 13.5 Å². The molecule has 0 atom stereocenters. The van der Waals surface area contributed by atoms with Gasteiger partial charge in [0.1, 0.15) is 0 Å². The van der Waals surface area contributed by atoms with Gasteiger partial charge in [-0.3, -0.25) is 0 Å². The first-order chi connectivity index (χ1) is 6.96. The molecule has 0 aliphatic heterocycles. The van der Waals surface area contributed by atoms with Gasteiger partial charge in [0.2, 0.25) is 0 Å². The number of rotatable bonds is 2. The van der Waals surface area contributed by atoms with E-state index in [1.54, 1.807) is 0 Å². The molecule has 80 valence electrons. The number of benzene rings is 1. The van der Waals surface area contributed by atoms with Gasteiger partial charge in [0.05, 0.1) is 0 Å². The molecule has 2 N–H and O–H groups in total. The predicted octanol–water partition coefficient (Wildman–Crippen LogP) is 2.46. The van der Waals surface area contributed by atoms with Crippen molar-refractivity contribution in [2.24, 2.45) is 12.8 Å². The minimum absolute atomic E-state index is 0.136. The molecule has 1 aromatic carbocycles. The summed E-state index contributed by atoms with van der Waals surface area (Å²) in [6, 6.07) is 8.69. The van der Waals surface area contributed by atoms with Gasteiger partial charge in [0.15, 0.2) is 0 Å². The van der Waals surface area contributed by atoms with E-state index in [-0.39, 0.29) is 5.54 Å². The Bertz CT molecular complexity index is 475. The van der Waals surface area contributed by atoms with Crippen LogP contribution in [0.5, 0.6) is 0 Å². The molecule has 0 bridgehead atoms. The smallest absolute Gasteiger partial charge is 0.0477 e. The largest absolute Gasteiger partial charge is 0.351 e. The molecular weight excluding hydrogens is 184 g/mol. The summed E-state index contributed by atoms with van der Waals surface area (Å²) in [5.74, 6) is 0. The van der Waals surface area contributed by atoms with Crippen LogP contribution in [-0.4, -0.2) is 10.1 Å². The van der Waals surface area contributed by atoms with Gasteiger partial charge in [-0.25, -0.2) is 0 Å². The van der Waals surface area contributed by atoms with Gasteiger partial charge in [0, 0.05) is 24.3 Å². The molecule has 0 aliphatic carbocycles. The Morgan fingerprint density at radius 2 is 2.00 bits per heavy atom.